The summed E-state index contributed by atoms with van der Waals surface area (Å²) in [5.74, 6) is -2.10. The van der Waals surface area contributed by atoms with Crippen molar-refractivity contribution >= 4 is 69.3 Å². The summed E-state index contributed by atoms with van der Waals surface area (Å²) in [6, 6.07) is 37.5. The van der Waals surface area contributed by atoms with E-state index in [0.29, 0.717) is 76.3 Å². The zero-order valence-electron chi connectivity index (χ0n) is 40.7. The lowest BCUT2D eigenvalue weighted by molar-refractivity contribution is 0.0686. The molecule has 0 fully saturated rings. The van der Waals surface area contributed by atoms with E-state index in [4.69, 9.17) is 35.4 Å². The number of carboxylic acid groups (broad SMARTS) is 2. The van der Waals surface area contributed by atoms with Crippen LogP contribution in [0.15, 0.2) is 141 Å². The third-order valence-corrected chi connectivity index (χ3v) is 12.4. The van der Waals surface area contributed by atoms with Crippen LogP contribution in [-0.4, -0.2) is 118 Å². The number of hydrogen-bond donors (Lipinski definition) is 5. The van der Waals surface area contributed by atoms with Crippen molar-refractivity contribution in [2.75, 3.05) is 60.8 Å². The van der Waals surface area contributed by atoms with E-state index >= 15 is 0 Å². The average Bonchev–Trinajstić information content (AvgIpc) is 4.23. The Morgan fingerprint density at radius 2 is 0.712 bits per heavy atom. The lowest BCUT2D eigenvalue weighted by atomic mass is 9.98. The largest absolute Gasteiger partial charge is 0.478 e. The van der Waals surface area contributed by atoms with Crippen molar-refractivity contribution in [2.24, 2.45) is 25.7 Å². The number of ether oxygens (including phenoxy) is 3. The van der Waals surface area contributed by atoms with E-state index in [1.807, 2.05) is 48.5 Å². The van der Waals surface area contributed by atoms with Crippen LogP contribution in [0.2, 0.25) is 0 Å². The first-order valence-electron chi connectivity index (χ1n) is 23.7. The van der Waals surface area contributed by atoms with E-state index in [1.165, 1.54) is 0 Å². The van der Waals surface area contributed by atoms with Crippen molar-refractivity contribution in [3.05, 3.63) is 188 Å². The monoisotopic (exact) mass is 981 g/mol. The molecule has 6 aromatic rings. The van der Waals surface area contributed by atoms with Crippen LogP contribution in [0.1, 0.15) is 85.9 Å². The number of rotatable bonds is 16. The summed E-state index contributed by atoms with van der Waals surface area (Å²) in [4.78, 5) is 66.0. The van der Waals surface area contributed by atoms with Gasteiger partial charge in [-0.25, -0.2) is 9.59 Å². The number of hydrogen-bond acceptors (Lipinski definition) is 12. The lowest BCUT2D eigenvalue weighted by Gasteiger charge is -2.06. The van der Waals surface area contributed by atoms with Gasteiger partial charge in [-0.1, -0.05) is 48.5 Å². The summed E-state index contributed by atoms with van der Waals surface area (Å²) in [7, 11) is 4.85. The zero-order valence-corrected chi connectivity index (χ0v) is 40.7. The second kappa shape index (κ2) is 23.8. The molecule has 4 aliphatic rings. The Kier molecular flexibility index (Phi) is 16.6. The first-order chi connectivity index (χ1) is 35.4. The van der Waals surface area contributed by atoms with Gasteiger partial charge in [-0.05, 0) is 117 Å². The number of benzene rings is 6. The number of carbonyl (C=O) groups excluding carboxylic acids is 2. The number of amides is 2. The van der Waals surface area contributed by atoms with Crippen LogP contribution in [-0.2, 0) is 39.9 Å². The van der Waals surface area contributed by atoms with Crippen LogP contribution in [0.25, 0.3) is 0 Å². The number of nitrogens with zero attached hydrogens (tertiary/aromatic N) is 4. The third-order valence-electron chi connectivity index (χ3n) is 12.4. The SMILES string of the molecule is COCCN.COCCNC(=O)c1ccc2c(c1)CC(c1ccc(C3=Nc4ccc(C(=O)NCCOC)cc4C3)cc1)=N2.O=C(O)c1ccc2c(c1)CC(c1ccc(C3=Nc4ccc(C(=O)O)cc4C3)cc1)=N2. The van der Waals surface area contributed by atoms with Gasteiger partial charge in [0.1, 0.15) is 0 Å². The Bertz CT molecular complexity index is 2990. The predicted molar refractivity (Wildman–Crippen MR) is 282 cm³/mol. The molecule has 16 nitrogen and oxygen atoms in total. The molecule has 10 rings (SSSR count). The molecular weight excluding hydrogens is 927 g/mol. The van der Waals surface area contributed by atoms with Crippen molar-refractivity contribution in [3.8, 4) is 0 Å². The van der Waals surface area contributed by atoms with Crippen molar-refractivity contribution in [2.45, 2.75) is 25.7 Å². The molecule has 372 valence electrons. The van der Waals surface area contributed by atoms with Gasteiger partial charge in [0.2, 0.25) is 0 Å². The molecule has 0 bridgehead atoms. The van der Waals surface area contributed by atoms with Gasteiger partial charge < -0.3 is 40.8 Å². The minimum absolute atomic E-state index is 0.111. The molecule has 73 heavy (non-hydrogen) atoms. The van der Waals surface area contributed by atoms with Gasteiger partial charge in [-0.15, -0.1) is 0 Å². The van der Waals surface area contributed by atoms with E-state index in [0.717, 1.165) is 90.1 Å². The molecule has 2 amide bonds. The van der Waals surface area contributed by atoms with E-state index in [-0.39, 0.29) is 22.9 Å². The standard InChI is InChI=1S/C30H30N4O4.C24H16N2O4.C3H9NO/c1-37-13-11-31-29(35)21-7-9-25-23(15-21)17-27(33-25)19-3-5-20(6-4-19)28-18-24-16-22(8-10-26(24)34-28)30(36)32-12-14-38-2;27-23(28)15-5-7-19-17(9-15)11-21(25-19)13-1-2-14(4-3-13)22-12-18-10-16(24(29)30)6-8-20(18)26-22;1-5-3-2-4/h3-10,15-16H,11-14,17-18H2,1-2H3,(H,31,35)(H,32,36);1-10H,11-12H2,(H,27,28)(H,29,30);2-4H2,1H3. The molecular formula is C57H55N7O9. The smallest absolute Gasteiger partial charge is 0.335 e. The quantitative estimate of drug-likeness (QED) is 0.0590. The molecule has 0 aromatic heterocycles. The van der Waals surface area contributed by atoms with Crippen molar-refractivity contribution in [1.82, 2.24) is 10.6 Å². The highest BCUT2D eigenvalue weighted by Gasteiger charge is 2.23. The van der Waals surface area contributed by atoms with E-state index in [2.05, 4.69) is 49.6 Å². The Hall–Kier alpha value is -8.28. The van der Waals surface area contributed by atoms with Gasteiger partial charge in [0.15, 0.2) is 0 Å². The first-order valence-corrected chi connectivity index (χ1v) is 23.7. The number of aromatic carboxylic acids is 2. The highest BCUT2D eigenvalue weighted by Crippen LogP contribution is 2.34. The summed E-state index contributed by atoms with van der Waals surface area (Å²) in [5.41, 5.74) is 21.9. The highest BCUT2D eigenvalue weighted by atomic mass is 16.5. The number of nitrogens with one attached hydrogen (secondary N) is 2. The van der Waals surface area contributed by atoms with Gasteiger partial charge >= 0.3 is 11.9 Å². The van der Waals surface area contributed by atoms with Crippen LogP contribution in [0.5, 0.6) is 0 Å². The van der Waals surface area contributed by atoms with Gasteiger partial charge in [-0.2, -0.15) is 0 Å². The lowest BCUT2D eigenvalue weighted by Crippen LogP contribution is -2.26. The number of methoxy groups -OCH3 is 3. The summed E-state index contributed by atoms with van der Waals surface area (Å²) >= 11 is 0. The number of fused-ring (bicyclic) bond motifs is 4. The topological polar surface area (TPSA) is 236 Å². The molecule has 0 saturated heterocycles. The van der Waals surface area contributed by atoms with E-state index in [9.17, 15) is 19.2 Å². The van der Waals surface area contributed by atoms with Crippen LogP contribution in [0, 0.1) is 0 Å². The molecule has 0 saturated carbocycles. The van der Waals surface area contributed by atoms with Gasteiger partial charge in [-0.3, -0.25) is 29.6 Å². The maximum atomic E-state index is 12.4. The Balaban J connectivity index is 0.000000182. The molecule has 0 aliphatic carbocycles. The fourth-order valence-electron chi connectivity index (χ4n) is 8.59. The summed E-state index contributed by atoms with van der Waals surface area (Å²) in [5, 5.41) is 24.0. The molecule has 16 heteroatoms. The fraction of sp³-hybridized carbons (Fsp3) is 0.228. The molecule has 0 unspecified atom stereocenters. The van der Waals surface area contributed by atoms with Crippen molar-refractivity contribution < 1.29 is 43.6 Å². The molecule has 4 aliphatic heterocycles. The molecule has 6 N–H and O–H groups in total. The normalized spacial score (nSPS) is 13.3. The van der Waals surface area contributed by atoms with Crippen LogP contribution < -0.4 is 16.4 Å². The second-order valence-corrected chi connectivity index (χ2v) is 17.4. The van der Waals surface area contributed by atoms with Crippen LogP contribution in [0.3, 0.4) is 0 Å². The molecule has 0 radical (unpaired) electrons. The Labute approximate surface area is 422 Å². The first kappa shape index (κ1) is 51.1. The summed E-state index contributed by atoms with van der Waals surface area (Å²) in [6.07, 6.45) is 2.55. The zero-order chi connectivity index (χ0) is 51.4. The van der Waals surface area contributed by atoms with Gasteiger partial charge in [0.05, 0.1) is 76.5 Å². The Morgan fingerprint density at radius 3 is 0.959 bits per heavy atom. The van der Waals surface area contributed by atoms with E-state index < -0.39 is 11.9 Å². The minimum Gasteiger partial charge on any atom is -0.478 e. The van der Waals surface area contributed by atoms with Gasteiger partial charge in [0.25, 0.3) is 11.8 Å². The predicted octanol–water partition coefficient (Wildman–Crippen LogP) is 7.82. The van der Waals surface area contributed by atoms with Crippen molar-refractivity contribution in [3.63, 3.8) is 0 Å². The maximum absolute atomic E-state index is 12.4. The number of nitrogens with two attached hydrogens (primary N) is 1. The van der Waals surface area contributed by atoms with E-state index in [1.54, 1.807) is 69.9 Å². The minimum atomic E-state index is -0.940. The molecule has 4 heterocycles. The van der Waals surface area contributed by atoms with Gasteiger partial charge in [0, 0.05) is 77.8 Å². The number of carboxylic acids is 2. The van der Waals surface area contributed by atoms with Crippen LogP contribution >= 0.6 is 0 Å². The maximum Gasteiger partial charge on any atom is 0.335 e. The molecule has 0 atom stereocenters. The Morgan fingerprint density at radius 1 is 0.438 bits per heavy atom. The fourth-order valence-corrected chi connectivity index (χ4v) is 8.59. The number of aliphatic imine (C=N–C) groups is 4. The molecule has 6 aromatic carbocycles. The summed E-state index contributed by atoms with van der Waals surface area (Å²) in [6.45, 7) is 3.19. The average molecular weight is 982 g/mol. The third kappa shape index (κ3) is 12.4. The van der Waals surface area contributed by atoms with Crippen molar-refractivity contribution in [1.29, 1.82) is 0 Å². The number of carbonyl (C=O) groups is 4. The summed E-state index contributed by atoms with van der Waals surface area (Å²) < 4.78 is 14.6. The molecule has 0 spiro atoms. The highest BCUT2D eigenvalue weighted by molar-refractivity contribution is 6.11. The van der Waals surface area contributed by atoms with Crippen LogP contribution in [0.4, 0.5) is 22.7 Å². The second-order valence-electron chi connectivity index (χ2n) is 17.4.